The molecule has 1 aromatic rings. The van der Waals surface area contributed by atoms with Crippen molar-refractivity contribution in [3.8, 4) is 11.5 Å². The highest BCUT2D eigenvalue weighted by Gasteiger charge is 2.35. The fourth-order valence-corrected chi connectivity index (χ4v) is 5.19. The molecule has 0 aliphatic carbocycles. The number of carbonyl (C=O) groups excluding carboxylic acids is 1. The van der Waals surface area contributed by atoms with Crippen molar-refractivity contribution in [2.45, 2.75) is 69.5 Å². The SMILES string of the molecule is CCC(NC(=O)c1cc(S(=O)(=O)CC)c(OC)c2c1OC(C)C2)C1CCCN1. The highest BCUT2D eigenvalue weighted by molar-refractivity contribution is 7.91. The van der Waals surface area contributed by atoms with Gasteiger partial charge in [-0.3, -0.25) is 4.79 Å². The number of amides is 1. The molecular formula is C20H30N2O5S. The highest BCUT2D eigenvalue weighted by Crippen LogP contribution is 2.43. The van der Waals surface area contributed by atoms with E-state index in [2.05, 4.69) is 10.6 Å². The molecule has 1 amide bonds. The number of nitrogens with one attached hydrogen (secondary N) is 2. The summed E-state index contributed by atoms with van der Waals surface area (Å²) in [6, 6.07) is 1.63. The molecule has 0 saturated carbocycles. The van der Waals surface area contributed by atoms with E-state index in [-0.39, 0.29) is 40.3 Å². The van der Waals surface area contributed by atoms with E-state index in [4.69, 9.17) is 9.47 Å². The molecule has 2 N–H and O–H groups in total. The lowest BCUT2D eigenvalue weighted by molar-refractivity contribution is 0.0922. The van der Waals surface area contributed by atoms with Gasteiger partial charge in [0.1, 0.15) is 22.5 Å². The Morgan fingerprint density at radius 2 is 2.18 bits per heavy atom. The predicted octanol–water partition coefficient (Wildman–Crippen LogP) is 2.07. The van der Waals surface area contributed by atoms with Crippen molar-refractivity contribution in [2.75, 3.05) is 19.4 Å². The molecule has 7 nitrogen and oxygen atoms in total. The number of hydrogen-bond donors (Lipinski definition) is 2. The number of rotatable bonds is 7. The van der Waals surface area contributed by atoms with Gasteiger partial charge in [-0.1, -0.05) is 13.8 Å². The van der Waals surface area contributed by atoms with Crippen LogP contribution in [0.4, 0.5) is 0 Å². The summed E-state index contributed by atoms with van der Waals surface area (Å²) < 4.78 is 36.7. The Kier molecular flexibility index (Phi) is 6.19. The standard InChI is InChI=1S/C20H30N2O5S/c1-5-15(16-8-7-9-21-16)22-20(23)14-11-17(28(24,25)6-2)19(26-4)13-10-12(3)27-18(13)14/h11-12,15-16,21H,5-10H2,1-4H3,(H,22,23). The minimum atomic E-state index is -3.56. The average Bonchev–Trinajstić information content (AvgIpc) is 3.33. The molecule has 0 aromatic heterocycles. The summed E-state index contributed by atoms with van der Waals surface area (Å²) in [6.45, 7) is 6.47. The van der Waals surface area contributed by atoms with E-state index in [0.717, 1.165) is 25.8 Å². The van der Waals surface area contributed by atoms with Gasteiger partial charge < -0.3 is 20.1 Å². The van der Waals surface area contributed by atoms with Crippen LogP contribution in [0, 0.1) is 0 Å². The third-order valence-electron chi connectivity index (χ3n) is 5.61. The van der Waals surface area contributed by atoms with Gasteiger partial charge in [-0.05, 0) is 38.8 Å². The normalized spacial score (nSPS) is 22.4. The molecule has 3 rings (SSSR count). The van der Waals surface area contributed by atoms with Crippen LogP contribution in [0.2, 0.25) is 0 Å². The number of methoxy groups -OCH3 is 1. The van der Waals surface area contributed by atoms with E-state index in [1.54, 1.807) is 6.92 Å². The summed E-state index contributed by atoms with van der Waals surface area (Å²) in [5.41, 5.74) is 0.922. The highest BCUT2D eigenvalue weighted by atomic mass is 32.2. The molecular weight excluding hydrogens is 380 g/mol. The van der Waals surface area contributed by atoms with Gasteiger partial charge in [0.25, 0.3) is 5.91 Å². The fourth-order valence-electron chi connectivity index (χ4n) is 4.09. The second-order valence-electron chi connectivity index (χ2n) is 7.49. The van der Waals surface area contributed by atoms with Crippen LogP contribution in [0.25, 0.3) is 0 Å². The van der Waals surface area contributed by atoms with Gasteiger partial charge in [-0.25, -0.2) is 8.42 Å². The van der Waals surface area contributed by atoms with Gasteiger partial charge in [0, 0.05) is 24.1 Å². The van der Waals surface area contributed by atoms with E-state index in [1.807, 2.05) is 13.8 Å². The number of benzene rings is 1. The Bertz CT molecular complexity index is 847. The zero-order chi connectivity index (χ0) is 20.5. The summed E-state index contributed by atoms with van der Waals surface area (Å²) in [5, 5.41) is 6.51. The van der Waals surface area contributed by atoms with E-state index in [0.29, 0.717) is 23.5 Å². The van der Waals surface area contributed by atoms with E-state index in [9.17, 15) is 13.2 Å². The number of ether oxygens (including phenoxy) is 2. The maximum Gasteiger partial charge on any atom is 0.255 e. The first-order valence-corrected chi connectivity index (χ1v) is 11.6. The summed E-state index contributed by atoms with van der Waals surface area (Å²) >= 11 is 0. The molecule has 3 unspecified atom stereocenters. The lowest BCUT2D eigenvalue weighted by atomic mass is 10.0. The molecule has 1 fully saturated rings. The molecule has 8 heteroatoms. The molecule has 1 aromatic carbocycles. The van der Waals surface area contributed by atoms with Crippen LogP contribution in [0.3, 0.4) is 0 Å². The molecule has 0 radical (unpaired) electrons. The third-order valence-corrected chi connectivity index (χ3v) is 7.34. The van der Waals surface area contributed by atoms with E-state index < -0.39 is 9.84 Å². The largest absolute Gasteiger partial charge is 0.495 e. The van der Waals surface area contributed by atoms with Gasteiger partial charge >= 0.3 is 0 Å². The van der Waals surface area contributed by atoms with Crippen LogP contribution in [-0.2, 0) is 16.3 Å². The van der Waals surface area contributed by atoms with Crippen molar-refractivity contribution in [3.63, 3.8) is 0 Å². The molecule has 0 spiro atoms. The smallest absolute Gasteiger partial charge is 0.255 e. The van der Waals surface area contributed by atoms with Crippen molar-refractivity contribution in [1.82, 2.24) is 10.6 Å². The van der Waals surface area contributed by atoms with Gasteiger partial charge in [0.15, 0.2) is 9.84 Å². The number of hydrogen-bond acceptors (Lipinski definition) is 6. The van der Waals surface area contributed by atoms with Crippen molar-refractivity contribution >= 4 is 15.7 Å². The molecule has 0 bridgehead atoms. The summed E-state index contributed by atoms with van der Waals surface area (Å²) in [5.74, 6) is 0.359. The Morgan fingerprint density at radius 3 is 2.75 bits per heavy atom. The second-order valence-corrected chi connectivity index (χ2v) is 9.74. The Morgan fingerprint density at radius 1 is 1.43 bits per heavy atom. The van der Waals surface area contributed by atoms with Crippen LogP contribution in [-0.4, -0.2) is 51.9 Å². The molecule has 2 heterocycles. The van der Waals surface area contributed by atoms with Crippen LogP contribution in [0.1, 0.15) is 56.0 Å². The quantitative estimate of drug-likeness (QED) is 0.715. The summed E-state index contributed by atoms with van der Waals surface area (Å²) in [4.78, 5) is 13.2. The van der Waals surface area contributed by atoms with Crippen LogP contribution >= 0.6 is 0 Å². The zero-order valence-corrected chi connectivity index (χ0v) is 17.8. The van der Waals surface area contributed by atoms with Crippen LogP contribution < -0.4 is 20.1 Å². The Balaban J connectivity index is 2.03. The van der Waals surface area contributed by atoms with E-state index in [1.165, 1.54) is 13.2 Å². The lowest BCUT2D eigenvalue weighted by Crippen LogP contribution is -2.47. The summed E-state index contributed by atoms with van der Waals surface area (Å²) in [6.07, 6.45) is 3.26. The van der Waals surface area contributed by atoms with Crippen molar-refractivity contribution in [1.29, 1.82) is 0 Å². The minimum Gasteiger partial charge on any atom is -0.495 e. The molecule has 2 aliphatic rings. The maximum absolute atomic E-state index is 13.1. The maximum atomic E-state index is 13.1. The Hall–Kier alpha value is -1.80. The van der Waals surface area contributed by atoms with Crippen molar-refractivity contribution in [3.05, 3.63) is 17.2 Å². The molecule has 3 atom stereocenters. The third kappa shape index (κ3) is 3.85. The van der Waals surface area contributed by atoms with Gasteiger partial charge in [0.05, 0.1) is 18.4 Å². The minimum absolute atomic E-state index is 0.0159. The monoisotopic (exact) mass is 410 g/mol. The Labute approximate surface area is 167 Å². The topological polar surface area (TPSA) is 93.7 Å². The van der Waals surface area contributed by atoms with Gasteiger partial charge in [-0.15, -0.1) is 0 Å². The average molecular weight is 411 g/mol. The molecule has 2 aliphatic heterocycles. The second kappa shape index (κ2) is 8.29. The first-order valence-electron chi connectivity index (χ1n) is 9.99. The van der Waals surface area contributed by atoms with Crippen LogP contribution in [0.15, 0.2) is 11.0 Å². The number of fused-ring (bicyclic) bond motifs is 1. The van der Waals surface area contributed by atoms with Crippen molar-refractivity contribution in [2.24, 2.45) is 0 Å². The summed E-state index contributed by atoms with van der Waals surface area (Å²) in [7, 11) is -2.11. The van der Waals surface area contributed by atoms with E-state index >= 15 is 0 Å². The fraction of sp³-hybridized carbons (Fsp3) is 0.650. The van der Waals surface area contributed by atoms with Gasteiger partial charge in [0.2, 0.25) is 0 Å². The lowest BCUT2D eigenvalue weighted by Gasteiger charge is -2.24. The molecule has 28 heavy (non-hydrogen) atoms. The number of carbonyl (C=O) groups is 1. The number of sulfone groups is 1. The van der Waals surface area contributed by atoms with Crippen LogP contribution in [0.5, 0.6) is 11.5 Å². The van der Waals surface area contributed by atoms with Crippen molar-refractivity contribution < 1.29 is 22.7 Å². The molecule has 156 valence electrons. The molecule has 1 saturated heterocycles. The first-order chi connectivity index (χ1) is 13.3. The zero-order valence-electron chi connectivity index (χ0n) is 17.0. The van der Waals surface area contributed by atoms with Gasteiger partial charge in [-0.2, -0.15) is 0 Å². The first kappa shape index (κ1) is 20.9. The predicted molar refractivity (Wildman–Crippen MR) is 107 cm³/mol.